The number of aromatic nitrogens is 2. The molecular formula is C13H20N4O2. The summed E-state index contributed by atoms with van der Waals surface area (Å²) in [6.45, 7) is 5.75. The maximum atomic E-state index is 11.0. The van der Waals surface area contributed by atoms with E-state index < -0.39 is 11.4 Å². The molecule has 0 atom stereocenters. The summed E-state index contributed by atoms with van der Waals surface area (Å²) in [6, 6.07) is 1.88. The zero-order chi connectivity index (χ0) is 13.9. The SMILES string of the molecule is CC(C)(CNc1cc(N2CCCC2)ncn1)C(=O)O. The Bertz CT molecular complexity index is 456. The number of carboxylic acids is 1. The largest absolute Gasteiger partial charge is 0.481 e. The van der Waals surface area contributed by atoms with Crippen LogP contribution in [0, 0.1) is 5.41 Å². The lowest BCUT2D eigenvalue weighted by Crippen LogP contribution is -2.32. The Morgan fingerprint density at radius 3 is 2.74 bits per heavy atom. The third-order valence-electron chi connectivity index (χ3n) is 3.37. The highest BCUT2D eigenvalue weighted by Crippen LogP contribution is 2.21. The van der Waals surface area contributed by atoms with Crippen molar-refractivity contribution in [3.8, 4) is 0 Å². The van der Waals surface area contributed by atoms with Crippen LogP contribution < -0.4 is 10.2 Å². The van der Waals surface area contributed by atoms with Gasteiger partial charge in [0.15, 0.2) is 0 Å². The van der Waals surface area contributed by atoms with E-state index >= 15 is 0 Å². The molecule has 2 N–H and O–H groups in total. The topological polar surface area (TPSA) is 78.3 Å². The van der Waals surface area contributed by atoms with Gasteiger partial charge in [-0.05, 0) is 26.7 Å². The van der Waals surface area contributed by atoms with E-state index in [9.17, 15) is 4.79 Å². The summed E-state index contributed by atoms with van der Waals surface area (Å²) in [5.74, 6) is 0.753. The first kappa shape index (κ1) is 13.6. The van der Waals surface area contributed by atoms with Crippen molar-refractivity contribution in [2.24, 2.45) is 5.41 Å². The van der Waals surface area contributed by atoms with E-state index in [1.165, 1.54) is 19.2 Å². The number of nitrogens with zero attached hydrogens (tertiary/aromatic N) is 3. The Balaban J connectivity index is 2.01. The van der Waals surface area contributed by atoms with Gasteiger partial charge >= 0.3 is 5.97 Å². The summed E-state index contributed by atoms with van der Waals surface area (Å²) >= 11 is 0. The highest BCUT2D eigenvalue weighted by molar-refractivity contribution is 5.74. The van der Waals surface area contributed by atoms with E-state index in [0.29, 0.717) is 12.4 Å². The average Bonchev–Trinajstić information content (AvgIpc) is 2.90. The van der Waals surface area contributed by atoms with E-state index in [2.05, 4.69) is 20.2 Å². The second-order valence-corrected chi connectivity index (χ2v) is 5.50. The van der Waals surface area contributed by atoms with Gasteiger partial charge in [0.05, 0.1) is 5.41 Å². The van der Waals surface area contributed by atoms with Crippen molar-refractivity contribution in [2.45, 2.75) is 26.7 Å². The molecule has 1 aliphatic heterocycles. The number of anilines is 2. The molecule has 1 aromatic heterocycles. The minimum Gasteiger partial charge on any atom is -0.481 e. The maximum absolute atomic E-state index is 11.0. The second-order valence-electron chi connectivity index (χ2n) is 5.50. The normalized spacial score (nSPS) is 15.6. The van der Waals surface area contributed by atoms with Crippen LogP contribution in [-0.2, 0) is 4.79 Å². The number of aliphatic carboxylic acids is 1. The molecule has 19 heavy (non-hydrogen) atoms. The predicted molar refractivity (Wildman–Crippen MR) is 73.4 cm³/mol. The summed E-state index contributed by atoms with van der Waals surface area (Å²) in [4.78, 5) is 21.6. The summed E-state index contributed by atoms with van der Waals surface area (Å²) in [5, 5.41) is 12.1. The van der Waals surface area contributed by atoms with Crippen LogP contribution in [0.3, 0.4) is 0 Å². The van der Waals surface area contributed by atoms with E-state index in [1.54, 1.807) is 13.8 Å². The molecule has 0 bridgehead atoms. The molecule has 1 aromatic rings. The minimum absolute atomic E-state index is 0.332. The molecule has 1 saturated heterocycles. The van der Waals surface area contributed by atoms with E-state index in [4.69, 9.17) is 5.11 Å². The lowest BCUT2D eigenvalue weighted by atomic mass is 9.94. The maximum Gasteiger partial charge on any atom is 0.310 e. The van der Waals surface area contributed by atoms with Gasteiger partial charge in [0.25, 0.3) is 0 Å². The fourth-order valence-corrected chi connectivity index (χ4v) is 1.95. The number of nitrogens with one attached hydrogen (secondary N) is 1. The molecule has 0 aromatic carbocycles. The number of hydrogen-bond donors (Lipinski definition) is 2. The van der Waals surface area contributed by atoms with Crippen molar-refractivity contribution in [3.05, 3.63) is 12.4 Å². The summed E-state index contributed by atoms with van der Waals surface area (Å²) in [7, 11) is 0. The smallest absolute Gasteiger partial charge is 0.310 e. The van der Waals surface area contributed by atoms with Crippen LogP contribution in [0.15, 0.2) is 12.4 Å². The molecule has 0 saturated carbocycles. The molecule has 6 heteroatoms. The highest BCUT2D eigenvalue weighted by Gasteiger charge is 2.27. The quantitative estimate of drug-likeness (QED) is 0.841. The molecule has 0 radical (unpaired) electrons. The van der Waals surface area contributed by atoms with Crippen LogP contribution in [0.1, 0.15) is 26.7 Å². The van der Waals surface area contributed by atoms with Gasteiger partial charge in [-0.3, -0.25) is 4.79 Å². The van der Waals surface area contributed by atoms with Crippen molar-refractivity contribution < 1.29 is 9.90 Å². The zero-order valence-electron chi connectivity index (χ0n) is 11.4. The van der Waals surface area contributed by atoms with Crippen LogP contribution in [0.4, 0.5) is 11.6 Å². The first-order chi connectivity index (χ1) is 8.99. The standard InChI is InChI=1S/C13H20N4O2/c1-13(2,12(18)19)8-14-10-7-11(16-9-15-10)17-5-3-4-6-17/h7,9H,3-6,8H2,1-2H3,(H,18,19)(H,14,15,16). The molecule has 1 aliphatic rings. The minimum atomic E-state index is -0.825. The van der Waals surface area contributed by atoms with Crippen molar-refractivity contribution in [3.63, 3.8) is 0 Å². The molecule has 0 spiro atoms. The molecule has 2 heterocycles. The fraction of sp³-hybridized carbons (Fsp3) is 0.615. The third kappa shape index (κ3) is 3.33. The van der Waals surface area contributed by atoms with Gasteiger partial charge in [0, 0.05) is 25.7 Å². The Morgan fingerprint density at radius 2 is 2.11 bits per heavy atom. The van der Waals surface area contributed by atoms with Gasteiger partial charge in [-0.2, -0.15) is 0 Å². The van der Waals surface area contributed by atoms with E-state index in [1.807, 2.05) is 6.07 Å². The van der Waals surface area contributed by atoms with Gasteiger partial charge < -0.3 is 15.3 Å². The first-order valence-corrected chi connectivity index (χ1v) is 6.53. The Labute approximate surface area is 112 Å². The van der Waals surface area contributed by atoms with Gasteiger partial charge in [-0.1, -0.05) is 0 Å². The van der Waals surface area contributed by atoms with Crippen LogP contribution >= 0.6 is 0 Å². The van der Waals surface area contributed by atoms with Crippen molar-refractivity contribution >= 4 is 17.6 Å². The molecule has 1 fully saturated rings. The van der Waals surface area contributed by atoms with Crippen LogP contribution in [0.25, 0.3) is 0 Å². The summed E-state index contributed by atoms with van der Waals surface area (Å²) < 4.78 is 0. The third-order valence-corrected chi connectivity index (χ3v) is 3.37. The molecule has 0 amide bonds. The van der Waals surface area contributed by atoms with Crippen LogP contribution in [-0.4, -0.2) is 40.7 Å². The van der Waals surface area contributed by atoms with E-state index in [0.717, 1.165) is 18.9 Å². The molecule has 0 aliphatic carbocycles. The van der Waals surface area contributed by atoms with Gasteiger partial charge in [0.2, 0.25) is 0 Å². The first-order valence-electron chi connectivity index (χ1n) is 6.53. The van der Waals surface area contributed by atoms with Crippen molar-refractivity contribution in [1.29, 1.82) is 0 Å². The Morgan fingerprint density at radius 1 is 1.42 bits per heavy atom. The molecule has 104 valence electrons. The zero-order valence-corrected chi connectivity index (χ0v) is 11.4. The number of hydrogen-bond acceptors (Lipinski definition) is 5. The van der Waals surface area contributed by atoms with Gasteiger partial charge in [0.1, 0.15) is 18.0 Å². The molecule has 6 nitrogen and oxygen atoms in total. The molecule has 2 rings (SSSR count). The van der Waals surface area contributed by atoms with Gasteiger partial charge in [-0.25, -0.2) is 9.97 Å². The number of rotatable bonds is 5. The van der Waals surface area contributed by atoms with Crippen molar-refractivity contribution in [1.82, 2.24) is 9.97 Å². The lowest BCUT2D eigenvalue weighted by Gasteiger charge is -2.21. The number of carboxylic acid groups (broad SMARTS) is 1. The molecular weight excluding hydrogens is 244 g/mol. The second kappa shape index (κ2) is 5.42. The predicted octanol–water partition coefficient (Wildman–Crippen LogP) is 1.60. The van der Waals surface area contributed by atoms with Crippen LogP contribution in [0.2, 0.25) is 0 Å². The summed E-state index contributed by atoms with van der Waals surface area (Å²) in [6.07, 6.45) is 3.90. The number of carbonyl (C=O) groups is 1. The average molecular weight is 264 g/mol. The Kier molecular flexibility index (Phi) is 3.87. The Hall–Kier alpha value is -1.85. The lowest BCUT2D eigenvalue weighted by molar-refractivity contribution is -0.146. The fourth-order valence-electron chi connectivity index (χ4n) is 1.95. The molecule has 0 unspecified atom stereocenters. The van der Waals surface area contributed by atoms with Gasteiger partial charge in [-0.15, -0.1) is 0 Å². The van der Waals surface area contributed by atoms with Crippen LogP contribution in [0.5, 0.6) is 0 Å². The van der Waals surface area contributed by atoms with Crippen molar-refractivity contribution in [2.75, 3.05) is 29.9 Å². The summed E-state index contributed by atoms with van der Waals surface area (Å²) in [5.41, 5.74) is -0.821. The highest BCUT2D eigenvalue weighted by atomic mass is 16.4. The monoisotopic (exact) mass is 264 g/mol. The van der Waals surface area contributed by atoms with E-state index in [-0.39, 0.29) is 0 Å².